The monoisotopic (exact) mass is 878 g/mol. The first kappa shape index (κ1) is 40.9. The minimum Gasteiger partial charge on any atom is -0.0654 e. The van der Waals surface area contributed by atoms with E-state index < -0.39 is 0 Å². The van der Waals surface area contributed by atoms with E-state index in [0.717, 1.165) is 19.3 Å². The Morgan fingerprint density at radius 3 is 1.43 bits per heavy atom. The highest BCUT2D eigenvalue weighted by Crippen LogP contribution is 2.57. The molecule has 1 aliphatic carbocycles. The molecule has 0 saturated heterocycles. The molecule has 0 spiro atoms. The predicted octanol–water partition coefficient (Wildman–Crippen LogP) is 19.1. The molecule has 13 rings (SSSR count). The second-order valence-electron chi connectivity index (χ2n) is 19.0. The first-order chi connectivity index (χ1) is 34.2. The molecule has 69 heavy (non-hydrogen) atoms. The molecule has 0 fully saturated rings. The van der Waals surface area contributed by atoms with Gasteiger partial charge in [0, 0.05) is 5.41 Å². The van der Waals surface area contributed by atoms with Crippen molar-refractivity contribution in [2.24, 2.45) is 0 Å². The lowest BCUT2D eigenvalue weighted by molar-refractivity contribution is 0.539. The lowest BCUT2D eigenvalue weighted by Gasteiger charge is -2.34. The lowest BCUT2D eigenvalue weighted by Crippen LogP contribution is -2.27. The highest BCUT2D eigenvalue weighted by atomic mass is 14.5. The maximum absolute atomic E-state index is 2.57. The molecule has 0 saturated carbocycles. The quantitative estimate of drug-likeness (QED) is 0.127. The normalized spacial score (nSPS) is 14.1. The number of rotatable bonds is 9. The minimum atomic E-state index is -0.281. The van der Waals surface area contributed by atoms with Gasteiger partial charge in [-0.1, -0.05) is 238 Å². The Hall–Kier alpha value is -8.32. The van der Waals surface area contributed by atoms with Gasteiger partial charge in [-0.15, -0.1) is 0 Å². The van der Waals surface area contributed by atoms with Gasteiger partial charge in [0.15, 0.2) is 0 Å². The van der Waals surface area contributed by atoms with E-state index in [0.29, 0.717) is 0 Å². The lowest BCUT2D eigenvalue weighted by atomic mass is 9.68. The summed E-state index contributed by atoms with van der Waals surface area (Å²) in [6.45, 7) is 2.33. The van der Waals surface area contributed by atoms with Gasteiger partial charge in [-0.05, 0) is 163 Å². The minimum absolute atomic E-state index is 0.281. The molecule has 0 aromatic heterocycles. The average Bonchev–Trinajstić information content (AvgIpc) is 3.71. The van der Waals surface area contributed by atoms with E-state index in [4.69, 9.17) is 0 Å². The SMILES string of the molecule is CCCCC1(c2ccc3ccccc3c2)c2ccccc2-c2ccc(-c3c4ccccc4c(-c4ccc(-c5cc(-c6ccccc6)cc(-c6ccccc6)c5)c5ccccc45)c4ccccc34)cc21. The Morgan fingerprint density at radius 1 is 0.290 bits per heavy atom. The van der Waals surface area contributed by atoms with Crippen molar-refractivity contribution >= 4 is 43.1 Å². The van der Waals surface area contributed by atoms with Gasteiger partial charge in [0.05, 0.1) is 0 Å². The van der Waals surface area contributed by atoms with Crippen molar-refractivity contribution in [2.45, 2.75) is 31.6 Å². The predicted molar refractivity (Wildman–Crippen MR) is 295 cm³/mol. The molecule has 12 aromatic rings. The maximum Gasteiger partial charge on any atom is 0.0464 e. The van der Waals surface area contributed by atoms with E-state index in [1.54, 1.807) is 0 Å². The number of benzene rings is 12. The van der Waals surface area contributed by atoms with Crippen LogP contribution in [0.15, 0.2) is 249 Å². The first-order valence-corrected chi connectivity index (χ1v) is 24.6. The van der Waals surface area contributed by atoms with Crippen LogP contribution in [0.2, 0.25) is 0 Å². The van der Waals surface area contributed by atoms with Gasteiger partial charge in [-0.2, -0.15) is 0 Å². The summed E-state index contributed by atoms with van der Waals surface area (Å²) in [5.41, 5.74) is 19.0. The summed E-state index contributed by atoms with van der Waals surface area (Å²) in [5.74, 6) is 0. The molecule has 0 heteroatoms. The molecule has 0 aliphatic heterocycles. The molecule has 326 valence electrons. The summed E-state index contributed by atoms with van der Waals surface area (Å²) in [7, 11) is 0. The number of unbranched alkanes of at least 4 members (excludes halogenated alkanes) is 1. The van der Waals surface area contributed by atoms with Crippen molar-refractivity contribution in [1.29, 1.82) is 0 Å². The third kappa shape index (κ3) is 6.66. The second kappa shape index (κ2) is 16.8. The molecule has 0 bridgehead atoms. The molecule has 0 nitrogen and oxygen atoms in total. The van der Waals surface area contributed by atoms with E-state index >= 15 is 0 Å². The highest BCUT2D eigenvalue weighted by Gasteiger charge is 2.44. The summed E-state index contributed by atoms with van der Waals surface area (Å²) in [6, 6.07) is 93.4. The Bertz CT molecular complexity index is 3820. The van der Waals surface area contributed by atoms with Gasteiger partial charge in [0.2, 0.25) is 0 Å². The molecule has 0 heterocycles. The Labute approximate surface area is 404 Å². The Balaban J connectivity index is 1.02. The van der Waals surface area contributed by atoms with E-state index in [2.05, 4.69) is 256 Å². The molecule has 12 aromatic carbocycles. The fourth-order valence-electron chi connectivity index (χ4n) is 12.0. The van der Waals surface area contributed by atoms with E-state index in [1.807, 2.05) is 0 Å². The van der Waals surface area contributed by atoms with Crippen LogP contribution >= 0.6 is 0 Å². The van der Waals surface area contributed by atoms with Crippen LogP contribution in [0, 0.1) is 0 Å². The summed E-state index contributed by atoms with van der Waals surface area (Å²) in [5, 5.41) is 10.1. The fraction of sp³-hybridized carbons (Fsp3) is 0.0725. The van der Waals surface area contributed by atoms with Gasteiger partial charge < -0.3 is 0 Å². The fourth-order valence-corrected chi connectivity index (χ4v) is 12.0. The van der Waals surface area contributed by atoms with Crippen molar-refractivity contribution in [3.8, 4) is 66.8 Å². The molecule has 1 unspecified atom stereocenters. The number of fused-ring (bicyclic) bond motifs is 7. The van der Waals surface area contributed by atoms with Gasteiger partial charge in [-0.3, -0.25) is 0 Å². The van der Waals surface area contributed by atoms with E-state index in [9.17, 15) is 0 Å². The molecule has 1 aliphatic rings. The topological polar surface area (TPSA) is 0 Å². The van der Waals surface area contributed by atoms with Crippen LogP contribution in [0.3, 0.4) is 0 Å². The summed E-state index contributed by atoms with van der Waals surface area (Å²) >= 11 is 0. The van der Waals surface area contributed by atoms with E-state index in [1.165, 1.54) is 127 Å². The maximum atomic E-state index is 2.57. The van der Waals surface area contributed by atoms with E-state index in [-0.39, 0.29) is 5.41 Å². The van der Waals surface area contributed by atoms with Gasteiger partial charge in [0.1, 0.15) is 0 Å². The first-order valence-electron chi connectivity index (χ1n) is 24.6. The van der Waals surface area contributed by atoms with Crippen LogP contribution in [0.25, 0.3) is 110 Å². The summed E-state index contributed by atoms with van der Waals surface area (Å²) in [4.78, 5) is 0. The zero-order valence-electron chi connectivity index (χ0n) is 38.8. The van der Waals surface area contributed by atoms with Crippen molar-refractivity contribution in [3.63, 3.8) is 0 Å². The van der Waals surface area contributed by atoms with Gasteiger partial charge in [-0.25, -0.2) is 0 Å². The zero-order valence-corrected chi connectivity index (χ0v) is 38.8. The van der Waals surface area contributed by atoms with Crippen LogP contribution < -0.4 is 0 Å². The Kier molecular flexibility index (Phi) is 9.95. The van der Waals surface area contributed by atoms with Crippen LogP contribution in [0.1, 0.15) is 42.9 Å². The van der Waals surface area contributed by atoms with Crippen molar-refractivity contribution in [3.05, 3.63) is 265 Å². The molecule has 1 atom stereocenters. The van der Waals surface area contributed by atoms with Crippen LogP contribution in [0.4, 0.5) is 0 Å². The largest absolute Gasteiger partial charge is 0.0654 e. The molecule has 0 amide bonds. The summed E-state index contributed by atoms with van der Waals surface area (Å²) < 4.78 is 0. The molecular formula is C69H50. The molecule has 0 N–H and O–H groups in total. The van der Waals surface area contributed by atoms with Crippen molar-refractivity contribution < 1.29 is 0 Å². The van der Waals surface area contributed by atoms with Crippen LogP contribution in [-0.2, 0) is 5.41 Å². The van der Waals surface area contributed by atoms with Gasteiger partial charge >= 0.3 is 0 Å². The van der Waals surface area contributed by atoms with Crippen molar-refractivity contribution in [1.82, 2.24) is 0 Å². The van der Waals surface area contributed by atoms with Gasteiger partial charge in [0.25, 0.3) is 0 Å². The average molecular weight is 879 g/mol. The van der Waals surface area contributed by atoms with Crippen LogP contribution in [-0.4, -0.2) is 0 Å². The third-order valence-electron chi connectivity index (χ3n) is 15.2. The number of hydrogen-bond donors (Lipinski definition) is 0. The number of hydrogen-bond acceptors (Lipinski definition) is 0. The standard InChI is InChI=1S/C69H50/c1-2-3-40-69(54-36-34-48-24-10-11-25-49(48)44-54)65-33-19-18-28-58(65)59-37-35-50(45-66(59)69)67-60-29-14-16-31-62(60)68(63-32-17-15-30-61(63)67)64-39-38-55(56-26-12-13-27-57(56)64)53-42-51(46-20-6-4-7-21-46)41-52(43-53)47-22-8-5-9-23-47/h4-39,41-45H,2-3,40H2,1H3. The zero-order chi connectivity index (χ0) is 45.9. The van der Waals surface area contributed by atoms with Crippen molar-refractivity contribution in [2.75, 3.05) is 0 Å². The highest BCUT2D eigenvalue weighted by molar-refractivity contribution is 6.24. The molecular weight excluding hydrogens is 829 g/mol. The molecule has 0 radical (unpaired) electrons. The second-order valence-corrected chi connectivity index (χ2v) is 19.0. The summed E-state index contributed by atoms with van der Waals surface area (Å²) in [6.07, 6.45) is 3.31. The van der Waals surface area contributed by atoms with Crippen LogP contribution in [0.5, 0.6) is 0 Å². The smallest absolute Gasteiger partial charge is 0.0464 e. The Morgan fingerprint density at radius 2 is 0.783 bits per heavy atom. The third-order valence-corrected chi connectivity index (χ3v) is 15.2.